The summed E-state index contributed by atoms with van der Waals surface area (Å²) in [5, 5.41) is 27.4. The quantitative estimate of drug-likeness (QED) is 0.197. The van der Waals surface area contributed by atoms with Gasteiger partial charge in [-0.3, -0.25) is 0 Å². The topological polar surface area (TPSA) is 62.4 Å². The highest BCUT2D eigenvalue weighted by Crippen LogP contribution is 2.46. The minimum atomic E-state index is 0.354. The molecule has 0 aliphatic carbocycles. The van der Waals surface area contributed by atoms with Crippen LogP contribution in [0.25, 0.3) is 82.5 Å². The molecule has 0 aliphatic heterocycles. The van der Waals surface area contributed by atoms with Gasteiger partial charge in [0.2, 0.25) is 0 Å². The summed E-state index contributed by atoms with van der Waals surface area (Å²) in [5.41, 5.74) is 9.92. The number of aromatic nitrogens is 3. The van der Waals surface area contributed by atoms with Crippen LogP contribution in [0.3, 0.4) is 0 Å². The summed E-state index contributed by atoms with van der Waals surface area (Å²) in [4.78, 5) is 0. The summed E-state index contributed by atoms with van der Waals surface area (Å²) in [6.07, 6.45) is 0. The Hall–Kier alpha value is -7.08. The predicted molar refractivity (Wildman–Crippen MR) is 199 cm³/mol. The molecule has 0 N–H and O–H groups in total. The molecule has 10 aromatic rings. The molecule has 226 valence electrons. The number of benzene rings is 7. The Morgan fingerprint density at radius 1 is 0.367 bits per heavy atom. The van der Waals surface area contributed by atoms with Crippen LogP contribution >= 0.6 is 0 Å². The van der Waals surface area contributed by atoms with Crippen molar-refractivity contribution in [1.29, 1.82) is 10.5 Å². The van der Waals surface area contributed by atoms with E-state index in [9.17, 15) is 10.5 Å². The molecule has 7 aromatic carbocycles. The van der Waals surface area contributed by atoms with Gasteiger partial charge in [0.1, 0.15) is 12.1 Å². The highest BCUT2D eigenvalue weighted by atomic mass is 15.0. The van der Waals surface area contributed by atoms with Crippen molar-refractivity contribution in [2.24, 2.45) is 0 Å². The minimum Gasteiger partial charge on any atom is -0.309 e. The summed E-state index contributed by atoms with van der Waals surface area (Å²) in [6, 6.07) is 57.1. The Morgan fingerprint density at radius 2 is 0.857 bits per heavy atom. The Kier molecular flexibility index (Phi) is 5.64. The molecule has 0 saturated heterocycles. The first-order valence-electron chi connectivity index (χ1n) is 16.3. The molecule has 0 aliphatic rings. The van der Waals surface area contributed by atoms with Crippen molar-refractivity contribution in [1.82, 2.24) is 13.7 Å². The minimum absolute atomic E-state index is 0.354. The first-order chi connectivity index (χ1) is 24.3. The van der Waals surface area contributed by atoms with E-state index in [1.54, 1.807) is 6.07 Å². The molecule has 0 spiro atoms. The van der Waals surface area contributed by atoms with Gasteiger partial charge in [-0.05, 0) is 60.7 Å². The van der Waals surface area contributed by atoms with Gasteiger partial charge >= 0.3 is 0 Å². The molecule has 0 atom stereocenters. The molecule has 5 nitrogen and oxygen atoms in total. The van der Waals surface area contributed by atoms with Gasteiger partial charge in [-0.2, -0.15) is 10.5 Å². The third kappa shape index (κ3) is 3.62. The standard InChI is InChI=1S/C44H25N5/c45-26-28-12-11-21-38(35(28)27-46)49-43-31(22-24-39-41(43)33-17-7-9-19-36(33)47(39)29-13-3-1-4-14-29)32-23-25-40-42(44(32)49)34-18-8-10-20-37(34)48(40)30-15-5-2-6-16-30/h1-25H. The maximum Gasteiger partial charge on any atom is 0.103 e. The molecule has 3 heterocycles. The second kappa shape index (κ2) is 10.2. The summed E-state index contributed by atoms with van der Waals surface area (Å²) in [6.45, 7) is 0. The van der Waals surface area contributed by atoms with Crippen molar-refractivity contribution in [2.45, 2.75) is 0 Å². The fraction of sp³-hybridized carbons (Fsp3) is 0. The first kappa shape index (κ1) is 27.1. The van der Waals surface area contributed by atoms with E-state index in [2.05, 4.69) is 147 Å². The van der Waals surface area contributed by atoms with E-state index >= 15 is 0 Å². The van der Waals surface area contributed by atoms with Gasteiger partial charge in [-0.1, -0.05) is 91.0 Å². The highest BCUT2D eigenvalue weighted by molar-refractivity contribution is 6.31. The zero-order valence-electron chi connectivity index (χ0n) is 26.2. The number of para-hydroxylation sites is 4. The lowest BCUT2D eigenvalue weighted by atomic mass is 10.1. The number of hydrogen-bond donors (Lipinski definition) is 0. The third-order valence-corrected chi connectivity index (χ3v) is 9.90. The van der Waals surface area contributed by atoms with Gasteiger partial charge in [0.05, 0.1) is 49.9 Å². The lowest BCUT2D eigenvalue weighted by Crippen LogP contribution is -2.00. The average molecular weight is 624 g/mol. The number of rotatable bonds is 3. The molecule has 0 radical (unpaired) electrons. The van der Waals surface area contributed by atoms with Crippen molar-refractivity contribution in [2.75, 3.05) is 0 Å². The van der Waals surface area contributed by atoms with E-state index in [1.165, 1.54) is 0 Å². The van der Waals surface area contributed by atoms with Crippen LogP contribution in [-0.2, 0) is 0 Å². The van der Waals surface area contributed by atoms with Crippen molar-refractivity contribution in [3.8, 4) is 29.2 Å². The predicted octanol–water partition coefficient (Wildman–Crippen LogP) is 10.7. The van der Waals surface area contributed by atoms with Crippen molar-refractivity contribution in [3.05, 3.63) is 163 Å². The Morgan fingerprint density at radius 3 is 1.35 bits per heavy atom. The third-order valence-electron chi connectivity index (χ3n) is 9.90. The summed E-state index contributed by atoms with van der Waals surface area (Å²) in [5.74, 6) is 0. The Labute approximate surface area is 280 Å². The monoisotopic (exact) mass is 623 g/mol. The smallest absolute Gasteiger partial charge is 0.103 e. The summed E-state index contributed by atoms with van der Waals surface area (Å²) in [7, 11) is 0. The van der Waals surface area contributed by atoms with E-state index in [0.717, 1.165) is 76.8 Å². The molecule has 10 rings (SSSR count). The van der Waals surface area contributed by atoms with Crippen molar-refractivity contribution in [3.63, 3.8) is 0 Å². The normalized spacial score (nSPS) is 11.6. The van der Waals surface area contributed by atoms with E-state index in [-0.39, 0.29) is 0 Å². The van der Waals surface area contributed by atoms with Crippen LogP contribution in [0.1, 0.15) is 11.1 Å². The van der Waals surface area contributed by atoms with E-state index in [0.29, 0.717) is 16.8 Å². The molecule has 0 fully saturated rings. The molecule has 0 amide bonds. The van der Waals surface area contributed by atoms with Crippen LogP contribution in [0.5, 0.6) is 0 Å². The van der Waals surface area contributed by atoms with Gasteiger partial charge in [0.25, 0.3) is 0 Å². The van der Waals surface area contributed by atoms with E-state index in [1.807, 2.05) is 24.3 Å². The molecule has 0 saturated carbocycles. The zero-order valence-corrected chi connectivity index (χ0v) is 26.2. The van der Waals surface area contributed by atoms with Crippen molar-refractivity contribution >= 4 is 65.4 Å². The van der Waals surface area contributed by atoms with Crippen LogP contribution in [0, 0.1) is 22.7 Å². The maximum atomic E-state index is 10.6. The molecule has 5 heteroatoms. The first-order valence-corrected chi connectivity index (χ1v) is 16.3. The number of nitriles is 2. The highest BCUT2D eigenvalue weighted by Gasteiger charge is 2.26. The molecule has 49 heavy (non-hydrogen) atoms. The molecular formula is C44H25N5. The fourth-order valence-electron chi connectivity index (χ4n) is 7.98. The second-order valence-corrected chi connectivity index (χ2v) is 12.3. The largest absolute Gasteiger partial charge is 0.309 e. The molecule has 0 unspecified atom stereocenters. The van der Waals surface area contributed by atoms with Gasteiger partial charge in [-0.25, -0.2) is 0 Å². The van der Waals surface area contributed by atoms with Crippen LogP contribution in [0.15, 0.2) is 152 Å². The van der Waals surface area contributed by atoms with Gasteiger partial charge < -0.3 is 13.7 Å². The fourth-order valence-corrected chi connectivity index (χ4v) is 7.98. The van der Waals surface area contributed by atoms with Crippen LogP contribution in [-0.4, -0.2) is 13.7 Å². The maximum absolute atomic E-state index is 10.6. The number of hydrogen-bond acceptors (Lipinski definition) is 2. The summed E-state index contributed by atoms with van der Waals surface area (Å²) >= 11 is 0. The Bertz CT molecular complexity index is 2880. The lowest BCUT2D eigenvalue weighted by Gasteiger charge is -2.13. The average Bonchev–Trinajstić information content (AvgIpc) is 3.80. The van der Waals surface area contributed by atoms with Gasteiger partial charge in [0, 0.05) is 43.7 Å². The van der Waals surface area contributed by atoms with E-state index in [4.69, 9.17) is 0 Å². The van der Waals surface area contributed by atoms with Crippen LogP contribution < -0.4 is 0 Å². The van der Waals surface area contributed by atoms with Crippen LogP contribution in [0.2, 0.25) is 0 Å². The molecular weight excluding hydrogens is 599 g/mol. The number of fused-ring (bicyclic) bond motifs is 11. The summed E-state index contributed by atoms with van der Waals surface area (Å²) < 4.78 is 6.90. The van der Waals surface area contributed by atoms with Crippen LogP contribution in [0.4, 0.5) is 0 Å². The second-order valence-electron chi connectivity index (χ2n) is 12.3. The van der Waals surface area contributed by atoms with Crippen molar-refractivity contribution < 1.29 is 0 Å². The Balaban J connectivity index is 1.51. The van der Waals surface area contributed by atoms with E-state index < -0.39 is 0 Å². The zero-order chi connectivity index (χ0) is 32.6. The van der Waals surface area contributed by atoms with Gasteiger partial charge in [0.15, 0.2) is 0 Å². The molecule has 3 aromatic heterocycles. The number of nitrogens with zero attached hydrogens (tertiary/aromatic N) is 5. The SMILES string of the molecule is N#Cc1cccc(-n2c3c(ccc4c3c3ccccc3n4-c3ccccc3)c3ccc4c(c5ccccc5n4-c4ccccc4)c32)c1C#N. The van der Waals surface area contributed by atoms with Gasteiger partial charge in [-0.15, -0.1) is 0 Å². The molecule has 0 bridgehead atoms. The lowest BCUT2D eigenvalue weighted by molar-refractivity contribution is 1.16.